The minimum Gasteiger partial charge on any atom is -0.467 e. The van der Waals surface area contributed by atoms with Crippen LogP contribution >= 0.6 is 0 Å². The van der Waals surface area contributed by atoms with Crippen molar-refractivity contribution in [2.75, 3.05) is 20.2 Å². The number of sulfonamides is 1. The summed E-state index contributed by atoms with van der Waals surface area (Å²) in [6.45, 7) is 8.95. The van der Waals surface area contributed by atoms with Crippen LogP contribution in [0.2, 0.25) is 0 Å². The summed E-state index contributed by atoms with van der Waals surface area (Å²) < 4.78 is 32.9. The van der Waals surface area contributed by atoms with Gasteiger partial charge in [0.2, 0.25) is 27.7 Å². The van der Waals surface area contributed by atoms with Crippen LogP contribution in [0.25, 0.3) is 0 Å². The van der Waals surface area contributed by atoms with Crippen molar-refractivity contribution < 1.29 is 32.3 Å². The van der Waals surface area contributed by atoms with Crippen LogP contribution in [0.5, 0.6) is 0 Å². The summed E-state index contributed by atoms with van der Waals surface area (Å²) in [5, 5.41) is 8.07. The van der Waals surface area contributed by atoms with Gasteiger partial charge in [-0.2, -0.15) is 4.31 Å². The van der Waals surface area contributed by atoms with Crippen LogP contribution in [-0.4, -0.2) is 74.7 Å². The number of hydrogen-bond acceptors (Lipinski definition) is 7. The van der Waals surface area contributed by atoms with Crippen LogP contribution in [0.3, 0.4) is 0 Å². The number of esters is 1. The van der Waals surface area contributed by atoms with Gasteiger partial charge < -0.3 is 20.7 Å². The summed E-state index contributed by atoms with van der Waals surface area (Å²) >= 11 is 0. The Morgan fingerprint density at radius 3 is 2.23 bits per heavy atom. The number of carbonyl (C=O) groups excluding carboxylic acids is 4. The van der Waals surface area contributed by atoms with Crippen molar-refractivity contribution in [3.63, 3.8) is 0 Å². The number of rotatable bonds is 6. The molecule has 0 saturated carbocycles. The quantitative estimate of drug-likeness (QED) is 0.343. The maximum Gasteiger partial charge on any atom is 0.328 e. The number of aryl methyl sites for hydroxylation is 1. The van der Waals surface area contributed by atoms with E-state index in [0.717, 1.165) is 9.87 Å². The molecule has 3 atom stereocenters. The number of nitrogens with zero attached hydrogens (tertiary/aromatic N) is 1. The van der Waals surface area contributed by atoms with Gasteiger partial charge >= 0.3 is 5.97 Å². The summed E-state index contributed by atoms with van der Waals surface area (Å²) in [7, 11) is -2.76. The molecule has 3 N–H and O–H groups in total. The summed E-state index contributed by atoms with van der Waals surface area (Å²) in [5.41, 5.74) is 0.899. The van der Waals surface area contributed by atoms with Crippen molar-refractivity contribution in [1.82, 2.24) is 20.3 Å². The second-order valence-electron chi connectivity index (χ2n) is 10.7. The van der Waals surface area contributed by atoms with E-state index >= 15 is 0 Å². The maximum atomic E-state index is 13.4. The van der Waals surface area contributed by atoms with Gasteiger partial charge in [-0.1, -0.05) is 57.5 Å². The van der Waals surface area contributed by atoms with Gasteiger partial charge in [-0.25, -0.2) is 13.2 Å². The van der Waals surface area contributed by atoms with E-state index in [9.17, 15) is 27.6 Å². The van der Waals surface area contributed by atoms with Crippen LogP contribution in [0.1, 0.15) is 52.5 Å². The first-order chi connectivity index (χ1) is 18.8. The van der Waals surface area contributed by atoms with Gasteiger partial charge in [0.15, 0.2) is 0 Å². The molecule has 40 heavy (non-hydrogen) atoms. The van der Waals surface area contributed by atoms with Crippen LogP contribution in [-0.2, 0) is 33.9 Å². The average molecular weight is 579 g/mol. The largest absolute Gasteiger partial charge is 0.467 e. The standard InChI is InChI=1S/C28H42N4O7S/c1-18(2)17-23-26(34)29-22(28(36)39-6)9-7-8-15-32(40(37,38)21-12-10-20(5)11-13-21)16-14-24(33)31-25(19(3)4)27(35)30-23/h7-8,10-13,18-19,22-23,25H,9,14-17H2,1-6H3,(H,29,34)(H,30,35)(H,31,33)/b8-7-. The number of carbonyl (C=O) groups is 4. The molecular weight excluding hydrogens is 536 g/mol. The van der Waals surface area contributed by atoms with Gasteiger partial charge in [-0.15, -0.1) is 0 Å². The average Bonchev–Trinajstić information content (AvgIpc) is 2.88. The lowest BCUT2D eigenvalue weighted by Crippen LogP contribution is -2.57. The molecule has 2 rings (SSSR count). The SMILES string of the molecule is COC(=O)C1C/C=C\CN(S(=O)(=O)c2ccc(C)cc2)CCC(=O)NC(C(C)C)C(=O)NC(CC(C)C)C(=O)N1. The molecule has 3 amide bonds. The lowest BCUT2D eigenvalue weighted by atomic mass is 9.99. The third-order valence-corrected chi connectivity index (χ3v) is 8.38. The van der Waals surface area contributed by atoms with Gasteiger partial charge in [-0.3, -0.25) is 14.4 Å². The fourth-order valence-corrected chi connectivity index (χ4v) is 5.59. The Labute approximate surface area is 237 Å². The highest BCUT2D eigenvalue weighted by Crippen LogP contribution is 2.17. The molecule has 1 aromatic rings. The van der Waals surface area contributed by atoms with Crippen LogP contribution in [0.4, 0.5) is 0 Å². The molecule has 1 aromatic carbocycles. The molecule has 222 valence electrons. The summed E-state index contributed by atoms with van der Waals surface area (Å²) in [4.78, 5) is 51.8. The first-order valence-corrected chi connectivity index (χ1v) is 14.9. The van der Waals surface area contributed by atoms with E-state index < -0.39 is 51.8 Å². The number of hydrogen-bond donors (Lipinski definition) is 3. The highest BCUT2D eigenvalue weighted by molar-refractivity contribution is 7.89. The first-order valence-electron chi connectivity index (χ1n) is 13.5. The molecular formula is C28H42N4O7S. The topological polar surface area (TPSA) is 151 Å². The first kappa shape index (κ1) is 33.0. The van der Waals surface area contributed by atoms with E-state index in [1.165, 1.54) is 19.2 Å². The van der Waals surface area contributed by atoms with E-state index in [2.05, 4.69) is 16.0 Å². The Morgan fingerprint density at radius 2 is 1.65 bits per heavy atom. The summed E-state index contributed by atoms with van der Waals surface area (Å²) in [6.07, 6.45) is 3.31. The molecule has 0 bridgehead atoms. The highest BCUT2D eigenvalue weighted by atomic mass is 32.2. The Bertz CT molecular complexity index is 1180. The molecule has 0 spiro atoms. The molecule has 1 heterocycles. The number of nitrogens with one attached hydrogen (secondary N) is 3. The monoisotopic (exact) mass is 578 g/mol. The fraction of sp³-hybridized carbons (Fsp3) is 0.571. The van der Waals surface area contributed by atoms with Crippen molar-refractivity contribution in [3.05, 3.63) is 42.0 Å². The Morgan fingerprint density at radius 1 is 1.00 bits per heavy atom. The normalized spacial score (nSPS) is 23.3. The van der Waals surface area contributed by atoms with Crippen molar-refractivity contribution in [1.29, 1.82) is 0 Å². The van der Waals surface area contributed by atoms with Crippen LogP contribution in [0, 0.1) is 18.8 Å². The third kappa shape index (κ3) is 9.44. The minimum atomic E-state index is -3.96. The smallest absolute Gasteiger partial charge is 0.328 e. The number of benzene rings is 1. The lowest BCUT2D eigenvalue weighted by molar-refractivity contribution is -0.145. The molecule has 1 aliphatic heterocycles. The Hall–Kier alpha value is -3.25. The van der Waals surface area contributed by atoms with E-state index in [0.29, 0.717) is 6.42 Å². The van der Waals surface area contributed by atoms with Crippen molar-refractivity contribution in [3.8, 4) is 0 Å². The van der Waals surface area contributed by atoms with E-state index in [-0.39, 0.29) is 42.7 Å². The van der Waals surface area contributed by atoms with Crippen molar-refractivity contribution in [2.45, 2.75) is 76.9 Å². The van der Waals surface area contributed by atoms with Crippen LogP contribution in [0.15, 0.2) is 41.3 Å². The number of ether oxygens (including phenoxy) is 1. The van der Waals surface area contributed by atoms with Gasteiger partial charge in [0.05, 0.1) is 12.0 Å². The molecule has 3 unspecified atom stereocenters. The summed E-state index contributed by atoms with van der Waals surface area (Å²) in [6, 6.07) is 3.44. The molecule has 11 nitrogen and oxygen atoms in total. The van der Waals surface area contributed by atoms with Gasteiger partial charge in [0.1, 0.15) is 18.1 Å². The molecule has 0 aliphatic carbocycles. The molecule has 0 radical (unpaired) electrons. The maximum absolute atomic E-state index is 13.4. The number of amides is 3. The predicted octanol–water partition coefficient (Wildman–Crippen LogP) is 1.67. The second-order valence-corrected chi connectivity index (χ2v) is 12.6. The van der Waals surface area contributed by atoms with Crippen molar-refractivity contribution >= 4 is 33.7 Å². The van der Waals surface area contributed by atoms with Gasteiger partial charge in [0, 0.05) is 19.5 Å². The Kier molecular flexibility index (Phi) is 12.3. The highest BCUT2D eigenvalue weighted by Gasteiger charge is 2.32. The summed E-state index contributed by atoms with van der Waals surface area (Å²) in [5.74, 6) is -2.55. The zero-order chi connectivity index (χ0) is 30.0. The van der Waals surface area contributed by atoms with Crippen molar-refractivity contribution in [2.24, 2.45) is 11.8 Å². The van der Waals surface area contributed by atoms with Gasteiger partial charge in [0.25, 0.3) is 0 Å². The van der Waals surface area contributed by atoms with Crippen LogP contribution < -0.4 is 16.0 Å². The minimum absolute atomic E-state index is 0.0360. The van der Waals surface area contributed by atoms with E-state index in [1.54, 1.807) is 38.1 Å². The molecule has 0 aromatic heterocycles. The third-order valence-electron chi connectivity index (χ3n) is 6.50. The predicted molar refractivity (Wildman–Crippen MR) is 150 cm³/mol. The van der Waals surface area contributed by atoms with Gasteiger partial charge in [-0.05, 0) is 43.7 Å². The molecule has 0 saturated heterocycles. The molecule has 0 fully saturated rings. The van der Waals surface area contributed by atoms with E-state index in [1.807, 2.05) is 20.8 Å². The Balaban J connectivity index is 2.46. The second kappa shape index (κ2) is 14.9. The molecule has 12 heteroatoms. The fourth-order valence-electron chi connectivity index (χ4n) is 4.19. The lowest BCUT2D eigenvalue weighted by Gasteiger charge is -2.28. The molecule has 1 aliphatic rings. The number of methoxy groups -OCH3 is 1. The van der Waals surface area contributed by atoms with E-state index in [4.69, 9.17) is 4.74 Å². The zero-order valence-corrected chi connectivity index (χ0v) is 24.9. The zero-order valence-electron chi connectivity index (χ0n) is 24.1.